The molecule has 0 amide bonds. The third-order valence-electron chi connectivity index (χ3n) is 3.80. The molecule has 1 heterocycles. The lowest BCUT2D eigenvalue weighted by Crippen LogP contribution is -2.35. The quantitative estimate of drug-likeness (QED) is 0.889. The minimum absolute atomic E-state index is 0.242. The molecule has 1 aliphatic rings. The molecule has 2 rings (SSSR count). The molecule has 0 aliphatic carbocycles. The second-order valence-corrected chi connectivity index (χ2v) is 5.19. The zero-order chi connectivity index (χ0) is 13.7. The first-order valence-corrected chi connectivity index (χ1v) is 6.89. The topological polar surface area (TPSA) is 32.7 Å². The molecule has 1 aromatic rings. The van der Waals surface area contributed by atoms with E-state index in [1.165, 1.54) is 7.11 Å². The number of hydrogen-bond acceptors (Lipinski definition) is 3. The van der Waals surface area contributed by atoms with Crippen LogP contribution < -0.4 is 4.74 Å². The Labute approximate surface area is 114 Å². The summed E-state index contributed by atoms with van der Waals surface area (Å²) in [5.41, 5.74) is 0.684. The van der Waals surface area contributed by atoms with E-state index in [2.05, 4.69) is 4.90 Å². The first kappa shape index (κ1) is 14.3. The molecule has 0 radical (unpaired) electrons. The lowest BCUT2D eigenvalue weighted by atomic mass is 9.95. The van der Waals surface area contributed by atoms with Gasteiger partial charge in [-0.05, 0) is 37.8 Å². The van der Waals surface area contributed by atoms with Gasteiger partial charge in [0.25, 0.3) is 0 Å². The maximum atomic E-state index is 14.1. The number of piperidine rings is 1. The Balaban J connectivity index is 2.00. The maximum absolute atomic E-state index is 14.1. The predicted molar refractivity (Wildman–Crippen MR) is 72.7 cm³/mol. The Morgan fingerprint density at radius 2 is 2.32 bits per heavy atom. The van der Waals surface area contributed by atoms with Crippen LogP contribution in [0.25, 0.3) is 0 Å². The van der Waals surface area contributed by atoms with Gasteiger partial charge >= 0.3 is 0 Å². The molecule has 1 saturated heterocycles. The van der Waals surface area contributed by atoms with Gasteiger partial charge in [-0.3, -0.25) is 4.90 Å². The number of rotatable bonds is 5. The minimum Gasteiger partial charge on any atom is -0.494 e. The average molecular weight is 267 g/mol. The summed E-state index contributed by atoms with van der Waals surface area (Å²) in [7, 11) is 1.49. The average Bonchev–Trinajstić information content (AvgIpc) is 2.42. The molecule has 1 aromatic carbocycles. The zero-order valence-electron chi connectivity index (χ0n) is 11.4. The summed E-state index contributed by atoms with van der Waals surface area (Å²) in [4.78, 5) is 2.27. The fraction of sp³-hybridized carbons (Fsp3) is 0.600. The predicted octanol–water partition coefficient (Wildman–Crippen LogP) is 2.43. The summed E-state index contributed by atoms with van der Waals surface area (Å²) in [6, 6.07) is 5.28. The zero-order valence-corrected chi connectivity index (χ0v) is 11.4. The van der Waals surface area contributed by atoms with Crippen molar-refractivity contribution in [1.82, 2.24) is 4.90 Å². The number of benzene rings is 1. The Morgan fingerprint density at radius 1 is 1.47 bits per heavy atom. The highest BCUT2D eigenvalue weighted by Crippen LogP contribution is 2.24. The normalized spacial score (nSPS) is 20.5. The first-order chi connectivity index (χ1) is 9.24. The molecule has 0 aromatic heterocycles. The van der Waals surface area contributed by atoms with Crippen LogP contribution in [0.3, 0.4) is 0 Å². The third kappa shape index (κ3) is 3.67. The highest BCUT2D eigenvalue weighted by atomic mass is 19.1. The molecule has 1 unspecified atom stereocenters. The van der Waals surface area contributed by atoms with Crippen LogP contribution in [0.4, 0.5) is 4.39 Å². The lowest BCUT2D eigenvalue weighted by Gasteiger charge is -2.32. The molecule has 1 aliphatic heterocycles. The van der Waals surface area contributed by atoms with E-state index in [1.807, 2.05) is 12.1 Å². The Morgan fingerprint density at radius 3 is 3.05 bits per heavy atom. The van der Waals surface area contributed by atoms with Gasteiger partial charge in [-0.2, -0.15) is 0 Å². The van der Waals surface area contributed by atoms with Crippen molar-refractivity contribution in [2.45, 2.75) is 25.8 Å². The van der Waals surface area contributed by atoms with Crippen LogP contribution in [0.15, 0.2) is 18.2 Å². The number of likely N-dealkylation sites (tertiary alicyclic amines) is 1. The highest BCUT2D eigenvalue weighted by molar-refractivity contribution is 5.31. The molecular weight excluding hydrogens is 245 g/mol. The van der Waals surface area contributed by atoms with E-state index < -0.39 is 0 Å². The second kappa shape index (κ2) is 6.87. The summed E-state index contributed by atoms with van der Waals surface area (Å²) in [5.74, 6) is 0.586. The van der Waals surface area contributed by atoms with Gasteiger partial charge in [-0.15, -0.1) is 0 Å². The molecule has 4 heteroatoms. The number of aliphatic hydroxyl groups is 1. The fourth-order valence-corrected chi connectivity index (χ4v) is 2.79. The van der Waals surface area contributed by atoms with E-state index in [0.717, 1.165) is 32.4 Å². The molecule has 1 N–H and O–H groups in total. The Hall–Kier alpha value is -1.13. The van der Waals surface area contributed by atoms with Crippen LogP contribution >= 0.6 is 0 Å². The maximum Gasteiger partial charge on any atom is 0.169 e. The number of methoxy groups -OCH3 is 1. The van der Waals surface area contributed by atoms with Gasteiger partial charge in [0.2, 0.25) is 0 Å². The van der Waals surface area contributed by atoms with Crippen molar-refractivity contribution in [3.63, 3.8) is 0 Å². The number of aliphatic hydroxyl groups excluding tert-OH is 1. The van der Waals surface area contributed by atoms with Crippen molar-refractivity contribution in [3.05, 3.63) is 29.6 Å². The number of halogens is 1. The summed E-state index contributed by atoms with van der Waals surface area (Å²) >= 11 is 0. The van der Waals surface area contributed by atoms with Crippen molar-refractivity contribution < 1.29 is 14.2 Å². The van der Waals surface area contributed by atoms with Crippen LogP contribution in [0, 0.1) is 11.7 Å². The second-order valence-electron chi connectivity index (χ2n) is 5.19. The van der Waals surface area contributed by atoms with Gasteiger partial charge in [0.05, 0.1) is 7.11 Å². The molecule has 3 nitrogen and oxygen atoms in total. The molecule has 1 fully saturated rings. The van der Waals surface area contributed by atoms with E-state index in [1.54, 1.807) is 6.07 Å². The molecule has 0 bridgehead atoms. The van der Waals surface area contributed by atoms with Gasteiger partial charge in [-0.1, -0.05) is 12.1 Å². The van der Waals surface area contributed by atoms with E-state index in [4.69, 9.17) is 9.84 Å². The molecule has 0 saturated carbocycles. The standard InChI is InChI=1S/C15H22FNO2/c1-19-14-6-2-5-13(15(14)16)11-17-8-3-4-12(10-17)7-9-18/h2,5-6,12,18H,3-4,7-11H2,1H3. The summed E-state index contributed by atoms with van der Waals surface area (Å²) in [5, 5.41) is 9.01. The largest absolute Gasteiger partial charge is 0.494 e. The number of ether oxygens (including phenoxy) is 1. The molecule has 19 heavy (non-hydrogen) atoms. The monoisotopic (exact) mass is 267 g/mol. The van der Waals surface area contributed by atoms with Crippen molar-refractivity contribution in [1.29, 1.82) is 0 Å². The lowest BCUT2D eigenvalue weighted by molar-refractivity contribution is 0.141. The fourth-order valence-electron chi connectivity index (χ4n) is 2.79. The SMILES string of the molecule is COc1cccc(CN2CCCC(CCO)C2)c1F. The van der Waals surface area contributed by atoms with E-state index in [0.29, 0.717) is 23.8 Å². The summed E-state index contributed by atoms with van der Waals surface area (Å²) in [6.45, 7) is 2.80. The van der Waals surface area contributed by atoms with Gasteiger partial charge in [0.1, 0.15) is 0 Å². The van der Waals surface area contributed by atoms with Crippen molar-refractivity contribution in [3.8, 4) is 5.75 Å². The van der Waals surface area contributed by atoms with E-state index in [9.17, 15) is 4.39 Å². The molecule has 1 atom stereocenters. The molecule has 106 valence electrons. The third-order valence-corrected chi connectivity index (χ3v) is 3.80. The number of nitrogens with zero attached hydrogens (tertiary/aromatic N) is 1. The van der Waals surface area contributed by atoms with Gasteiger partial charge in [0.15, 0.2) is 11.6 Å². The highest BCUT2D eigenvalue weighted by Gasteiger charge is 2.20. The summed E-state index contributed by atoms with van der Waals surface area (Å²) in [6.07, 6.45) is 3.13. The Kier molecular flexibility index (Phi) is 5.16. The smallest absolute Gasteiger partial charge is 0.169 e. The van der Waals surface area contributed by atoms with Crippen LogP contribution in [0.5, 0.6) is 5.75 Å². The van der Waals surface area contributed by atoms with Crippen LogP contribution in [-0.4, -0.2) is 36.8 Å². The van der Waals surface area contributed by atoms with Crippen LogP contribution in [0.1, 0.15) is 24.8 Å². The van der Waals surface area contributed by atoms with Crippen molar-refractivity contribution >= 4 is 0 Å². The van der Waals surface area contributed by atoms with Crippen LogP contribution in [-0.2, 0) is 6.54 Å². The number of hydrogen-bond donors (Lipinski definition) is 1. The summed E-state index contributed by atoms with van der Waals surface area (Å²) < 4.78 is 19.1. The minimum atomic E-state index is -0.255. The molecular formula is C15H22FNO2. The molecule has 0 spiro atoms. The van der Waals surface area contributed by atoms with Gasteiger partial charge in [-0.25, -0.2) is 4.39 Å². The Bertz CT molecular complexity index is 409. The van der Waals surface area contributed by atoms with E-state index >= 15 is 0 Å². The van der Waals surface area contributed by atoms with Gasteiger partial charge < -0.3 is 9.84 Å². The van der Waals surface area contributed by atoms with Crippen LogP contribution in [0.2, 0.25) is 0 Å². The first-order valence-electron chi connectivity index (χ1n) is 6.89. The van der Waals surface area contributed by atoms with Crippen molar-refractivity contribution in [2.24, 2.45) is 5.92 Å². The van der Waals surface area contributed by atoms with Crippen molar-refractivity contribution in [2.75, 3.05) is 26.8 Å². The van der Waals surface area contributed by atoms with Gasteiger partial charge in [0, 0.05) is 25.3 Å². The van der Waals surface area contributed by atoms with E-state index in [-0.39, 0.29) is 12.4 Å².